The standard InChI is InChI=1S/C11H10ClN3O2/c1-2-17-11(16)10(7-13)15-14-9-5-3-4-8(12)6-9/h3-6,14H,2H2,1H3/b15-10-. The van der Waals surface area contributed by atoms with Crippen molar-refractivity contribution in [2.24, 2.45) is 5.10 Å². The molecule has 5 nitrogen and oxygen atoms in total. The van der Waals surface area contributed by atoms with Crippen LogP contribution < -0.4 is 5.43 Å². The fraction of sp³-hybridized carbons (Fsp3) is 0.182. The molecule has 1 N–H and O–H groups in total. The highest BCUT2D eigenvalue weighted by Gasteiger charge is 2.11. The number of hydrogen-bond donors (Lipinski definition) is 1. The summed E-state index contributed by atoms with van der Waals surface area (Å²) in [6, 6.07) is 8.39. The summed E-state index contributed by atoms with van der Waals surface area (Å²) >= 11 is 5.76. The van der Waals surface area contributed by atoms with Gasteiger partial charge in [0.2, 0.25) is 5.71 Å². The first-order valence-corrected chi connectivity index (χ1v) is 5.21. The number of nitrogens with one attached hydrogen (secondary N) is 1. The first kappa shape index (κ1) is 13.0. The number of nitrogens with zero attached hydrogens (tertiary/aromatic N) is 2. The Balaban J connectivity index is 2.75. The number of rotatable bonds is 4. The molecule has 0 aromatic heterocycles. The summed E-state index contributed by atoms with van der Waals surface area (Å²) in [4.78, 5) is 11.2. The largest absolute Gasteiger partial charge is 0.461 e. The minimum absolute atomic E-state index is 0.191. The van der Waals surface area contributed by atoms with Crippen LogP contribution in [0.5, 0.6) is 0 Å². The predicted octanol–water partition coefficient (Wildman–Crippen LogP) is 2.19. The Bertz CT molecular complexity index is 480. The van der Waals surface area contributed by atoms with E-state index in [1.54, 1.807) is 37.3 Å². The number of ether oxygens (including phenoxy) is 1. The average molecular weight is 252 g/mol. The quantitative estimate of drug-likeness (QED) is 0.506. The molecule has 0 heterocycles. The number of benzene rings is 1. The lowest BCUT2D eigenvalue weighted by Gasteiger charge is -2.02. The van der Waals surface area contributed by atoms with E-state index in [0.29, 0.717) is 10.7 Å². The summed E-state index contributed by atoms with van der Waals surface area (Å²) in [7, 11) is 0. The maximum absolute atomic E-state index is 11.2. The Kier molecular flexibility index (Phi) is 4.98. The van der Waals surface area contributed by atoms with Crippen LogP contribution in [0.15, 0.2) is 29.4 Å². The van der Waals surface area contributed by atoms with Crippen molar-refractivity contribution in [1.29, 1.82) is 5.26 Å². The molecule has 0 atom stereocenters. The van der Waals surface area contributed by atoms with E-state index in [-0.39, 0.29) is 12.3 Å². The first-order chi connectivity index (χ1) is 8.17. The van der Waals surface area contributed by atoms with Crippen LogP contribution in [0.25, 0.3) is 0 Å². The Morgan fingerprint density at radius 1 is 1.65 bits per heavy atom. The molecule has 0 aliphatic carbocycles. The Labute approximate surface area is 104 Å². The van der Waals surface area contributed by atoms with Gasteiger partial charge in [-0.1, -0.05) is 17.7 Å². The summed E-state index contributed by atoms with van der Waals surface area (Å²) in [5, 5.41) is 12.9. The van der Waals surface area contributed by atoms with Crippen LogP contribution >= 0.6 is 11.6 Å². The summed E-state index contributed by atoms with van der Waals surface area (Å²) in [5.74, 6) is -0.760. The Hall–Kier alpha value is -2.06. The van der Waals surface area contributed by atoms with Gasteiger partial charge in [0.25, 0.3) is 0 Å². The molecule has 88 valence electrons. The van der Waals surface area contributed by atoms with E-state index in [2.05, 4.69) is 15.3 Å². The van der Waals surface area contributed by atoms with Crippen molar-refractivity contribution >= 4 is 29.0 Å². The molecule has 17 heavy (non-hydrogen) atoms. The van der Waals surface area contributed by atoms with Crippen LogP contribution in [-0.4, -0.2) is 18.3 Å². The van der Waals surface area contributed by atoms with E-state index in [9.17, 15) is 4.79 Å². The third kappa shape index (κ3) is 4.13. The fourth-order valence-electron chi connectivity index (χ4n) is 0.994. The summed E-state index contributed by atoms with van der Waals surface area (Å²) in [5.41, 5.74) is 2.79. The van der Waals surface area contributed by atoms with Crippen molar-refractivity contribution in [1.82, 2.24) is 0 Å². The highest BCUT2D eigenvalue weighted by Crippen LogP contribution is 2.14. The van der Waals surface area contributed by atoms with Crippen molar-refractivity contribution in [2.75, 3.05) is 12.0 Å². The topological polar surface area (TPSA) is 74.5 Å². The minimum Gasteiger partial charge on any atom is -0.461 e. The maximum atomic E-state index is 11.2. The van der Waals surface area contributed by atoms with Crippen molar-refractivity contribution in [2.45, 2.75) is 6.92 Å². The number of carbonyl (C=O) groups is 1. The van der Waals surface area contributed by atoms with E-state index in [0.717, 1.165) is 0 Å². The summed E-state index contributed by atoms with van der Waals surface area (Å²) in [6.07, 6.45) is 0. The second kappa shape index (κ2) is 6.51. The smallest absolute Gasteiger partial charge is 0.369 e. The van der Waals surface area contributed by atoms with E-state index in [4.69, 9.17) is 16.9 Å². The van der Waals surface area contributed by atoms with Crippen LogP contribution in [0.2, 0.25) is 5.02 Å². The van der Waals surface area contributed by atoms with Gasteiger partial charge in [0.15, 0.2) is 0 Å². The third-order valence-corrected chi connectivity index (χ3v) is 1.93. The van der Waals surface area contributed by atoms with E-state index >= 15 is 0 Å². The van der Waals surface area contributed by atoms with Crippen molar-refractivity contribution in [3.05, 3.63) is 29.3 Å². The minimum atomic E-state index is -0.760. The Morgan fingerprint density at radius 3 is 3.00 bits per heavy atom. The molecule has 0 saturated carbocycles. The van der Waals surface area contributed by atoms with Crippen LogP contribution in [0.4, 0.5) is 5.69 Å². The summed E-state index contributed by atoms with van der Waals surface area (Å²) < 4.78 is 4.65. The van der Waals surface area contributed by atoms with Gasteiger partial charge in [-0.15, -0.1) is 0 Å². The first-order valence-electron chi connectivity index (χ1n) is 4.84. The lowest BCUT2D eigenvalue weighted by molar-refractivity contribution is -0.134. The number of hydrogen-bond acceptors (Lipinski definition) is 5. The van der Waals surface area contributed by atoms with Gasteiger partial charge in [0, 0.05) is 5.02 Å². The highest BCUT2D eigenvalue weighted by atomic mass is 35.5. The maximum Gasteiger partial charge on any atom is 0.369 e. The second-order valence-corrected chi connectivity index (χ2v) is 3.35. The molecular weight excluding hydrogens is 242 g/mol. The predicted molar refractivity (Wildman–Crippen MR) is 64.8 cm³/mol. The third-order valence-electron chi connectivity index (χ3n) is 1.70. The van der Waals surface area contributed by atoms with Gasteiger partial charge in [0.1, 0.15) is 6.07 Å². The molecule has 0 fully saturated rings. The van der Waals surface area contributed by atoms with Gasteiger partial charge in [-0.05, 0) is 25.1 Å². The van der Waals surface area contributed by atoms with Gasteiger partial charge >= 0.3 is 5.97 Å². The molecule has 0 bridgehead atoms. The zero-order chi connectivity index (χ0) is 12.7. The fourth-order valence-corrected chi connectivity index (χ4v) is 1.18. The summed E-state index contributed by atoms with van der Waals surface area (Å²) in [6.45, 7) is 1.84. The molecule has 0 radical (unpaired) electrons. The molecule has 0 aliphatic rings. The van der Waals surface area contributed by atoms with Gasteiger partial charge in [-0.2, -0.15) is 10.4 Å². The molecule has 0 spiro atoms. The highest BCUT2D eigenvalue weighted by molar-refractivity contribution is 6.43. The number of nitriles is 1. The van der Waals surface area contributed by atoms with Crippen LogP contribution in [0.3, 0.4) is 0 Å². The molecule has 0 saturated heterocycles. The van der Waals surface area contributed by atoms with Gasteiger partial charge in [-0.3, -0.25) is 5.43 Å². The van der Waals surface area contributed by atoms with E-state index in [1.807, 2.05) is 0 Å². The zero-order valence-electron chi connectivity index (χ0n) is 9.11. The molecule has 1 aromatic rings. The monoisotopic (exact) mass is 251 g/mol. The van der Waals surface area contributed by atoms with Crippen LogP contribution in [0, 0.1) is 11.3 Å². The van der Waals surface area contributed by atoms with Crippen molar-refractivity contribution < 1.29 is 9.53 Å². The average Bonchev–Trinajstić information content (AvgIpc) is 2.30. The van der Waals surface area contributed by atoms with E-state index < -0.39 is 5.97 Å². The molecular formula is C11H10ClN3O2. The van der Waals surface area contributed by atoms with Crippen LogP contribution in [0.1, 0.15) is 6.92 Å². The SMILES string of the molecule is CCOC(=O)/C(C#N)=N\Nc1cccc(Cl)c1. The number of hydrazone groups is 1. The lowest BCUT2D eigenvalue weighted by Crippen LogP contribution is -2.17. The second-order valence-electron chi connectivity index (χ2n) is 2.91. The molecule has 1 aromatic carbocycles. The number of halogens is 1. The number of esters is 1. The molecule has 6 heteroatoms. The van der Waals surface area contributed by atoms with Crippen molar-refractivity contribution in [3.63, 3.8) is 0 Å². The molecule has 1 rings (SSSR count). The molecule has 0 unspecified atom stereocenters. The Morgan fingerprint density at radius 2 is 2.41 bits per heavy atom. The van der Waals surface area contributed by atoms with Crippen LogP contribution in [-0.2, 0) is 9.53 Å². The lowest BCUT2D eigenvalue weighted by atomic mass is 10.3. The molecule has 0 aliphatic heterocycles. The normalized spacial score (nSPS) is 10.5. The molecule has 0 amide bonds. The zero-order valence-corrected chi connectivity index (χ0v) is 9.86. The van der Waals surface area contributed by atoms with Gasteiger partial charge in [0.05, 0.1) is 12.3 Å². The number of carbonyl (C=O) groups excluding carboxylic acids is 1. The van der Waals surface area contributed by atoms with Gasteiger partial charge < -0.3 is 4.74 Å². The van der Waals surface area contributed by atoms with E-state index in [1.165, 1.54) is 0 Å². The van der Waals surface area contributed by atoms with Gasteiger partial charge in [-0.25, -0.2) is 4.79 Å². The van der Waals surface area contributed by atoms with Crippen molar-refractivity contribution in [3.8, 4) is 6.07 Å². The number of anilines is 1.